The highest BCUT2D eigenvalue weighted by molar-refractivity contribution is 5.79. The summed E-state index contributed by atoms with van der Waals surface area (Å²) in [6.07, 6.45) is 0.832. The molecular formula is C12H23N3O4. The molecule has 1 fully saturated rings. The zero-order valence-corrected chi connectivity index (χ0v) is 11.5. The van der Waals surface area contributed by atoms with E-state index in [4.69, 9.17) is 9.84 Å². The highest BCUT2D eigenvalue weighted by Crippen LogP contribution is 2.28. The molecule has 0 aromatic carbocycles. The maximum atomic E-state index is 11.7. The van der Waals surface area contributed by atoms with E-state index < -0.39 is 17.4 Å². The fourth-order valence-corrected chi connectivity index (χ4v) is 1.89. The van der Waals surface area contributed by atoms with Crippen molar-refractivity contribution in [3.8, 4) is 0 Å². The molecule has 1 saturated heterocycles. The minimum atomic E-state index is -1.05. The number of carbonyl (C=O) groups is 2. The highest BCUT2D eigenvalue weighted by atomic mass is 16.5. The number of aliphatic carboxylic acids is 1. The minimum Gasteiger partial charge on any atom is -0.481 e. The van der Waals surface area contributed by atoms with Crippen LogP contribution in [-0.2, 0) is 9.53 Å². The van der Waals surface area contributed by atoms with E-state index >= 15 is 0 Å². The number of rotatable bonds is 7. The smallest absolute Gasteiger partial charge is 0.315 e. The highest BCUT2D eigenvalue weighted by Gasteiger charge is 2.47. The molecular weight excluding hydrogens is 250 g/mol. The molecule has 0 aromatic rings. The Kier molecular flexibility index (Phi) is 6.04. The van der Waals surface area contributed by atoms with Gasteiger partial charge in [-0.3, -0.25) is 4.79 Å². The third kappa shape index (κ3) is 4.36. The number of amides is 2. The summed E-state index contributed by atoms with van der Waals surface area (Å²) in [6.45, 7) is 6.25. The Bertz CT molecular complexity index is 324. The van der Waals surface area contributed by atoms with Crippen molar-refractivity contribution in [3.05, 3.63) is 0 Å². The summed E-state index contributed by atoms with van der Waals surface area (Å²) >= 11 is 0. The number of carbonyl (C=O) groups excluding carboxylic acids is 1. The van der Waals surface area contributed by atoms with Gasteiger partial charge in [0.15, 0.2) is 0 Å². The van der Waals surface area contributed by atoms with Crippen LogP contribution < -0.4 is 16.0 Å². The summed E-state index contributed by atoms with van der Waals surface area (Å²) in [5.74, 6) is -0.956. The largest absolute Gasteiger partial charge is 0.481 e. The number of carboxylic acids is 1. The van der Waals surface area contributed by atoms with Crippen molar-refractivity contribution in [2.24, 2.45) is 5.41 Å². The third-order valence-corrected chi connectivity index (χ3v) is 3.32. The fraction of sp³-hybridized carbons (Fsp3) is 0.833. The third-order valence-electron chi connectivity index (χ3n) is 3.32. The first kappa shape index (κ1) is 15.7. The first-order valence-electron chi connectivity index (χ1n) is 6.57. The molecule has 19 heavy (non-hydrogen) atoms. The quantitative estimate of drug-likeness (QED) is 0.480. The van der Waals surface area contributed by atoms with Crippen LogP contribution in [-0.4, -0.2) is 56.0 Å². The second kappa shape index (κ2) is 7.30. The number of ether oxygens (including phenoxy) is 1. The molecule has 0 aliphatic carbocycles. The van der Waals surface area contributed by atoms with Gasteiger partial charge in [-0.1, -0.05) is 6.92 Å². The number of hydrogen-bond acceptors (Lipinski definition) is 4. The zero-order chi connectivity index (χ0) is 14.3. The Balaban J connectivity index is 2.30. The summed E-state index contributed by atoms with van der Waals surface area (Å²) < 4.78 is 5.16. The molecule has 1 heterocycles. The van der Waals surface area contributed by atoms with Crippen LogP contribution in [0.3, 0.4) is 0 Å². The summed E-state index contributed by atoms with van der Waals surface area (Å²) in [5.41, 5.74) is -1.05. The standard InChI is InChI=1S/C12H23N3O4/c1-3-13-5-4-6-14-11(18)15-9-7-19-8-12(9,2)10(16)17/h9,13H,3-8H2,1-2H3,(H,16,17)(H2,14,15,18). The van der Waals surface area contributed by atoms with E-state index in [1.807, 2.05) is 6.92 Å². The molecule has 0 spiro atoms. The minimum absolute atomic E-state index is 0.119. The lowest BCUT2D eigenvalue weighted by Gasteiger charge is -2.25. The molecule has 0 aromatic heterocycles. The molecule has 1 rings (SSSR count). The van der Waals surface area contributed by atoms with Crippen molar-refractivity contribution < 1.29 is 19.4 Å². The molecule has 0 radical (unpaired) electrons. The van der Waals surface area contributed by atoms with Gasteiger partial charge in [0, 0.05) is 6.54 Å². The Labute approximate surface area is 113 Å². The first-order chi connectivity index (χ1) is 9.00. The zero-order valence-electron chi connectivity index (χ0n) is 11.5. The van der Waals surface area contributed by atoms with Crippen LogP contribution in [0.2, 0.25) is 0 Å². The molecule has 2 atom stereocenters. The first-order valence-corrected chi connectivity index (χ1v) is 6.57. The van der Waals surface area contributed by atoms with Gasteiger partial charge in [-0.05, 0) is 26.4 Å². The number of urea groups is 1. The van der Waals surface area contributed by atoms with Gasteiger partial charge in [0.1, 0.15) is 5.41 Å². The Morgan fingerprint density at radius 3 is 2.79 bits per heavy atom. The van der Waals surface area contributed by atoms with Crippen molar-refractivity contribution in [2.75, 3.05) is 32.8 Å². The lowest BCUT2D eigenvalue weighted by atomic mass is 9.85. The molecule has 0 bridgehead atoms. The average Bonchev–Trinajstić information content (AvgIpc) is 2.72. The molecule has 1 aliphatic rings. The molecule has 110 valence electrons. The number of hydrogen-bond donors (Lipinski definition) is 4. The molecule has 7 heteroatoms. The van der Waals surface area contributed by atoms with E-state index in [2.05, 4.69) is 16.0 Å². The van der Waals surface area contributed by atoms with Crippen molar-refractivity contribution in [2.45, 2.75) is 26.3 Å². The van der Waals surface area contributed by atoms with Crippen LogP contribution in [0.4, 0.5) is 4.79 Å². The van der Waals surface area contributed by atoms with Crippen LogP contribution >= 0.6 is 0 Å². The second-order valence-corrected chi connectivity index (χ2v) is 4.90. The van der Waals surface area contributed by atoms with Gasteiger partial charge in [0.05, 0.1) is 19.3 Å². The molecule has 0 saturated carbocycles. The predicted molar refractivity (Wildman–Crippen MR) is 70.0 cm³/mol. The summed E-state index contributed by atoms with van der Waals surface area (Å²) in [4.78, 5) is 22.8. The molecule has 4 N–H and O–H groups in total. The predicted octanol–water partition coefficient (Wildman–Crippen LogP) is -0.225. The van der Waals surface area contributed by atoms with Crippen LogP contribution in [0.5, 0.6) is 0 Å². The van der Waals surface area contributed by atoms with E-state index in [1.165, 1.54) is 0 Å². The number of carboxylic acid groups (broad SMARTS) is 1. The lowest BCUT2D eigenvalue weighted by molar-refractivity contribution is -0.148. The maximum absolute atomic E-state index is 11.7. The summed E-state index contributed by atoms with van der Waals surface area (Å²) in [5, 5.41) is 17.7. The monoisotopic (exact) mass is 273 g/mol. The van der Waals surface area contributed by atoms with Crippen LogP contribution in [0.25, 0.3) is 0 Å². The summed E-state index contributed by atoms with van der Waals surface area (Å²) in [7, 11) is 0. The average molecular weight is 273 g/mol. The van der Waals surface area contributed by atoms with Crippen molar-refractivity contribution in [3.63, 3.8) is 0 Å². The van der Waals surface area contributed by atoms with Crippen molar-refractivity contribution in [1.29, 1.82) is 0 Å². The van der Waals surface area contributed by atoms with Gasteiger partial charge in [-0.2, -0.15) is 0 Å². The Morgan fingerprint density at radius 2 is 2.16 bits per heavy atom. The van der Waals surface area contributed by atoms with Crippen LogP contribution in [0, 0.1) is 5.41 Å². The molecule has 7 nitrogen and oxygen atoms in total. The Hall–Kier alpha value is -1.34. The van der Waals surface area contributed by atoms with E-state index in [0.717, 1.165) is 19.5 Å². The topological polar surface area (TPSA) is 99.7 Å². The van der Waals surface area contributed by atoms with E-state index in [9.17, 15) is 9.59 Å². The van der Waals surface area contributed by atoms with Crippen molar-refractivity contribution >= 4 is 12.0 Å². The molecule has 1 aliphatic heterocycles. The van der Waals surface area contributed by atoms with E-state index in [-0.39, 0.29) is 19.2 Å². The van der Waals surface area contributed by atoms with E-state index in [1.54, 1.807) is 6.92 Å². The molecule has 2 amide bonds. The normalized spacial score (nSPS) is 26.1. The Morgan fingerprint density at radius 1 is 1.42 bits per heavy atom. The second-order valence-electron chi connectivity index (χ2n) is 4.90. The SMILES string of the molecule is CCNCCCNC(=O)NC1COCC1(C)C(=O)O. The van der Waals surface area contributed by atoms with Gasteiger partial charge >= 0.3 is 12.0 Å². The van der Waals surface area contributed by atoms with Gasteiger partial charge < -0.3 is 25.8 Å². The van der Waals surface area contributed by atoms with Crippen molar-refractivity contribution in [1.82, 2.24) is 16.0 Å². The lowest BCUT2D eigenvalue weighted by Crippen LogP contribution is -2.52. The van der Waals surface area contributed by atoms with Gasteiger partial charge in [-0.15, -0.1) is 0 Å². The molecule has 2 unspecified atom stereocenters. The van der Waals surface area contributed by atoms with Gasteiger partial charge in [0.2, 0.25) is 0 Å². The summed E-state index contributed by atoms with van der Waals surface area (Å²) in [6, 6.07) is -0.849. The van der Waals surface area contributed by atoms with Gasteiger partial charge in [-0.25, -0.2) is 4.79 Å². The fourth-order valence-electron chi connectivity index (χ4n) is 1.89. The van der Waals surface area contributed by atoms with Crippen LogP contribution in [0.1, 0.15) is 20.3 Å². The van der Waals surface area contributed by atoms with Gasteiger partial charge in [0.25, 0.3) is 0 Å². The van der Waals surface area contributed by atoms with Crippen LogP contribution in [0.15, 0.2) is 0 Å². The van der Waals surface area contributed by atoms with E-state index in [0.29, 0.717) is 6.54 Å². The maximum Gasteiger partial charge on any atom is 0.315 e. The number of nitrogens with one attached hydrogen (secondary N) is 3.